The van der Waals surface area contributed by atoms with Crippen molar-refractivity contribution in [2.45, 2.75) is 63.2 Å². The number of aromatic nitrogens is 3. The fraction of sp³-hybridized carbons (Fsp3) is 0.552. The summed E-state index contributed by atoms with van der Waals surface area (Å²) in [6.45, 7) is 0.689. The van der Waals surface area contributed by atoms with Crippen LogP contribution >= 0.6 is 0 Å². The highest BCUT2D eigenvalue weighted by molar-refractivity contribution is 6.07. The molecular formula is C29H34F4N4O2. The molecule has 1 fully saturated rings. The molecule has 2 aromatic heterocycles. The van der Waals surface area contributed by atoms with E-state index >= 15 is 4.39 Å². The summed E-state index contributed by atoms with van der Waals surface area (Å²) in [5.41, 5.74) is 2.00. The average molecular weight is 547 g/mol. The van der Waals surface area contributed by atoms with Gasteiger partial charge in [0.2, 0.25) is 5.88 Å². The maximum absolute atomic E-state index is 15.7. The number of rotatable bonds is 8. The first-order valence-electron chi connectivity index (χ1n) is 13.6. The van der Waals surface area contributed by atoms with Crippen LogP contribution in [0.5, 0.6) is 5.88 Å². The molecule has 0 unspecified atom stereocenters. The van der Waals surface area contributed by atoms with Crippen molar-refractivity contribution in [1.82, 2.24) is 19.7 Å². The van der Waals surface area contributed by atoms with Gasteiger partial charge in [-0.1, -0.05) is 18.2 Å². The van der Waals surface area contributed by atoms with Crippen LogP contribution < -0.4 is 4.74 Å². The molecule has 10 heteroatoms. The minimum Gasteiger partial charge on any atom is -0.468 e. The predicted octanol–water partition coefficient (Wildman–Crippen LogP) is 5.87. The van der Waals surface area contributed by atoms with Crippen molar-refractivity contribution in [3.8, 4) is 5.88 Å². The van der Waals surface area contributed by atoms with E-state index in [-0.39, 0.29) is 17.6 Å². The maximum atomic E-state index is 15.7. The topological polar surface area (TPSA) is 60.2 Å². The van der Waals surface area contributed by atoms with E-state index in [0.29, 0.717) is 63.6 Å². The number of alkyl halides is 4. The summed E-state index contributed by atoms with van der Waals surface area (Å²) in [5.74, 6) is 0.255. The Morgan fingerprint density at radius 3 is 2.67 bits per heavy atom. The lowest BCUT2D eigenvalue weighted by molar-refractivity contribution is -0.154. The SMILES string of the molecule is Cn1cc2c(C(=O)CC3CCC(F)(CCN4CCc5ccc(OCC(F)(F)F)nc5CC4)CC3)cccc2n1. The largest absolute Gasteiger partial charge is 0.468 e. The molecule has 5 rings (SSSR count). The first-order valence-corrected chi connectivity index (χ1v) is 13.6. The average Bonchev–Trinajstić information content (AvgIpc) is 3.16. The summed E-state index contributed by atoms with van der Waals surface area (Å²) >= 11 is 0. The van der Waals surface area contributed by atoms with Crippen molar-refractivity contribution in [1.29, 1.82) is 0 Å². The van der Waals surface area contributed by atoms with Gasteiger partial charge < -0.3 is 9.64 Å². The number of Topliss-reactive ketones (excluding diaryl/α,β-unsaturated/α-hetero) is 1. The Hall–Kier alpha value is -3.01. The van der Waals surface area contributed by atoms with Crippen LogP contribution in [0.15, 0.2) is 36.5 Å². The minimum absolute atomic E-state index is 0.0189. The molecule has 0 saturated heterocycles. The van der Waals surface area contributed by atoms with Crippen LogP contribution in [-0.4, -0.2) is 63.5 Å². The zero-order valence-corrected chi connectivity index (χ0v) is 22.1. The lowest BCUT2D eigenvalue weighted by Crippen LogP contribution is -2.36. The standard InChI is InChI=1S/C29H34F4N4O2/c1-36-18-23-22(3-2-4-25(23)35-36)26(38)17-20-7-11-28(30,12-8-20)13-16-37-14-9-21-5-6-27(34-24(21)10-15-37)39-19-29(31,32)33/h2-6,18,20H,7-17,19H2,1H3. The van der Waals surface area contributed by atoms with Crippen molar-refractivity contribution in [2.75, 3.05) is 26.2 Å². The number of ether oxygens (including phenoxy) is 1. The Morgan fingerprint density at radius 2 is 1.90 bits per heavy atom. The molecule has 0 spiro atoms. The molecule has 6 nitrogen and oxygen atoms in total. The molecule has 3 heterocycles. The zero-order chi connectivity index (χ0) is 27.6. The number of halogens is 4. The number of aryl methyl sites for hydroxylation is 1. The van der Waals surface area contributed by atoms with Gasteiger partial charge in [-0.2, -0.15) is 18.3 Å². The molecule has 3 aromatic rings. The second-order valence-corrected chi connectivity index (χ2v) is 11.0. The fourth-order valence-corrected chi connectivity index (χ4v) is 5.85. The molecule has 1 saturated carbocycles. The molecule has 1 aromatic carbocycles. The Bertz CT molecular complexity index is 1310. The molecule has 1 aliphatic carbocycles. The van der Waals surface area contributed by atoms with Gasteiger partial charge in [0.05, 0.1) is 5.52 Å². The summed E-state index contributed by atoms with van der Waals surface area (Å²) in [5, 5.41) is 5.24. The Morgan fingerprint density at radius 1 is 1.13 bits per heavy atom. The third kappa shape index (κ3) is 6.96. The van der Waals surface area contributed by atoms with Gasteiger partial charge in [0, 0.05) is 68.4 Å². The second-order valence-electron chi connectivity index (χ2n) is 11.0. The highest BCUT2D eigenvalue weighted by Gasteiger charge is 2.36. The number of carbonyl (C=O) groups is 1. The van der Waals surface area contributed by atoms with Crippen molar-refractivity contribution in [3.63, 3.8) is 0 Å². The quantitative estimate of drug-likeness (QED) is 0.261. The Labute approximate surface area is 225 Å². The van der Waals surface area contributed by atoms with Crippen LogP contribution in [0, 0.1) is 5.92 Å². The van der Waals surface area contributed by atoms with Crippen LogP contribution in [0.4, 0.5) is 17.6 Å². The van der Waals surface area contributed by atoms with Crippen molar-refractivity contribution < 1.29 is 27.1 Å². The maximum Gasteiger partial charge on any atom is 0.422 e. The first-order chi connectivity index (χ1) is 18.6. The van der Waals surface area contributed by atoms with Crippen LogP contribution in [0.3, 0.4) is 0 Å². The smallest absolute Gasteiger partial charge is 0.422 e. The molecule has 1 aliphatic heterocycles. The van der Waals surface area contributed by atoms with Crippen LogP contribution in [0.1, 0.15) is 60.1 Å². The van der Waals surface area contributed by atoms with Gasteiger partial charge in [0.15, 0.2) is 12.4 Å². The first kappa shape index (κ1) is 27.6. The minimum atomic E-state index is -4.41. The number of fused-ring (bicyclic) bond motifs is 2. The van der Waals surface area contributed by atoms with Gasteiger partial charge >= 0.3 is 6.18 Å². The number of carbonyl (C=O) groups excluding carboxylic acids is 1. The molecule has 0 radical (unpaired) electrons. The van der Waals surface area contributed by atoms with E-state index in [9.17, 15) is 18.0 Å². The van der Waals surface area contributed by atoms with Gasteiger partial charge in [-0.25, -0.2) is 9.37 Å². The highest BCUT2D eigenvalue weighted by atomic mass is 19.4. The fourth-order valence-electron chi connectivity index (χ4n) is 5.85. The van der Waals surface area contributed by atoms with Crippen LogP contribution in [0.25, 0.3) is 10.9 Å². The molecule has 210 valence electrons. The number of hydrogen-bond acceptors (Lipinski definition) is 5. The van der Waals surface area contributed by atoms with E-state index < -0.39 is 18.5 Å². The van der Waals surface area contributed by atoms with Gasteiger partial charge in [-0.15, -0.1) is 0 Å². The number of benzene rings is 1. The zero-order valence-electron chi connectivity index (χ0n) is 22.1. The molecule has 0 bridgehead atoms. The normalized spacial score (nSPS) is 22.4. The summed E-state index contributed by atoms with van der Waals surface area (Å²) in [6, 6.07) is 8.87. The highest BCUT2D eigenvalue weighted by Crippen LogP contribution is 2.39. The summed E-state index contributed by atoms with van der Waals surface area (Å²) < 4.78 is 59.6. The number of nitrogens with zero attached hydrogens (tertiary/aromatic N) is 4. The van der Waals surface area contributed by atoms with E-state index in [0.717, 1.165) is 35.1 Å². The number of hydrogen-bond donors (Lipinski definition) is 0. The van der Waals surface area contributed by atoms with E-state index in [1.807, 2.05) is 31.4 Å². The Kier molecular flexibility index (Phi) is 7.94. The van der Waals surface area contributed by atoms with Gasteiger partial charge in [0.25, 0.3) is 0 Å². The van der Waals surface area contributed by atoms with Gasteiger partial charge in [-0.05, 0) is 56.1 Å². The summed E-state index contributed by atoms with van der Waals surface area (Å²) in [6.07, 6.45) is 1.94. The lowest BCUT2D eigenvalue weighted by Gasteiger charge is -2.35. The number of ketones is 1. The van der Waals surface area contributed by atoms with E-state index in [2.05, 4.69) is 15.0 Å². The van der Waals surface area contributed by atoms with Gasteiger partial charge in [0.1, 0.15) is 5.67 Å². The Balaban J connectivity index is 1.09. The second kappa shape index (κ2) is 11.2. The van der Waals surface area contributed by atoms with E-state index in [4.69, 9.17) is 4.74 Å². The molecular weight excluding hydrogens is 512 g/mol. The molecule has 39 heavy (non-hydrogen) atoms. The van der Waals surface area contributed by atoms with E-state index in [1.165, 1.54) is 6.07 Å². The van der Waals surface area contributed by atoms with Crippen molar-refractivity contribution in [3.05, 3.63) is 53.3 Å². The third-order valence-electron chi connectivity index (χ3n) is 8.11. The lowest BCUT2D eigenvalue weighted by atomic mass is 9.76. The predicted molar refractivity (Wildman–Crippen MR) is 140 cm³/mol. The summed E-state index contributed by atoms with van der Waals surface area (Å²) in [7, 11) is 1.84. The third-order valence-corrected chi connectivity index (χ3v) is 8.11. The van der Waals surface area contributed by atoms with Crippen LogP contribution in [0.2, 0.25) is 0 Å². The van der Waals surface area contributed by atoms with Crippen molar-refractivity contribution in [2.24, 2.45) is 13.0 Å². The van der Waals surface area contributed by atoms with Gasteiger partial charge in [-0.3, -0.25) is 9.48 Å². The van der Waals surface area contributed by atoms with Crippen LogP contribution in [-0.2, 0) is 19.9 Å². The monoisotopic (exact) mass is 546 g/mol. The molecule has 0 N–H and O–H groups in total. The molecule has 0 amide bonds. The van der Waals surface area contributed by atoms with Crippen molar-refractivity contribution >= 4 is 16.7 Å². The van der Waals surface area contributed by atoms with E-state index in [1.54, 1.807) is 10.7 Å². The molecule has 0 atom stereocenters. The summed E-state index contributed by atoms with van der Waals surface area (Å²) in [4.78, 5) is 19.6. The molecule has 2 aliphatic rings. The number of pyridine rings is 1.